The zero-order valence-corrected chi connectivity index (χ0v) is 9.51. The Bertz CT molecular complexity index is 268. The standard InChI is InChI=1S/C7H17N2O6P/c8-3-5(10)1-2-6(7(11)12)9-4-16(13,14)15/h5-6,9-10H,1-4,8H2,(H,11,12)(H2,13,14,15). The molecule has 0 heterocycles. The van der Waals surface area contributed by atoms with Gasteiger partial charge in [0.05, 0.1) is 12.4 Å². The van der Waals surface area contributed by atoms with E-state index in [0.717, 1.165) is 0 Å². The Morgan fingerprint density at radius 3 is 2.31 bits per heavy atom. The molecule has 0 aromatic carbocycles. The topological polar surface area (TPSA) is 153 Å². The first kappa shape index (κ1) is 15.5. The minimum atomic E-state index is -4.28. The molecule has 9 heteroatoms. The molecule has 7 N–H and O–H groups in total. The SMILES string of the molecule is NCC(O)CCC(NCP(=O)(O)O)C(=O)O. The van der Waals surface area contributed by atoms with Gasteiger partial charge in [-0.25, -0.2) is 0 Å². The molecule has 0 amide bonds. The molecule has 0 saturated carbocycles. The number of aliphatic carboxylic acids is 1. The van der Waals surface area contributed by atoms with Crippen molar-refractivity contribution < 1.29 is 29.4 Å². The summed E-state index contributed by atoms with van der Waals surface area (Å²) in [6, 6.07) is -1.10. The molecular weight excluding hydrogens is 239 g/mol. The van der Waals surface area contributed by atoms with Crippen molar-refractivity contribution in [1.29, 1.82) is 0 Å². The summed E-state index contributed by atoms with van der Waals surface area (Å²) in [5.74, 6) is -1.22. The minimum absolute atomic E-state index is 0.0187. The minimum Gasteiger partial charge on any atom is -0.480 e. The Morgan fingerprint density at radius 1 is 1.38 bits per heavy atom. The normalized spacial score (nSPS) is 15.8. The molecule has 0 aromatic rings. The highest BCUT2D eigenvalue weighted by Gasteiger charge is 2.22. The molecule has 96 valence electrons. The highest BCUT2D eigenvalue weighted by molar-refractivity contribution is 7.51. The van der Waals surface area contributed by atoms with Crippen LogP contribution in [-0.2, 0) is 9.36 Å². The Balaban J connectivity index is 4.09. The third kappa shape index (κ3) is 7.75. The second kappa shape index (κ2) is 6.95. The Kier molecular flexibility index (Phi) is 6.73. The zero-order valence-electron chi connectivity index (χ0n) is 8.61. The summed E-state index contributed by atoms with van der Waals surface area (Å²) in [6.45, 7) is 0.0187. The fourth-order valence-corrected chi connectivity index (χ4v) is 1.48. The summed E-state index contributed by atoms with van der Waals surface area (Å²) >= 11 is 0. The van der Waals surface area contributed by atoms with E-state index in [0.29, 0.717) is 0 Å². The number of aliphatic hydroxyl groups excluding tert-OH is 1. The number of rotatable bonds is 8. The Hall–Kier alpha value is -0.500. The average Bonchev–Trinajstić information content (AvgIpc) is 2.14. The summed E-state index contributed by atoms with van der Waals surface area (Å²) in [4.78, 5) is 27.8. The first-order valence-electron chi connectivity index (χ1n) is 4.65. The molecule has 0 fully saturated rings. The largest absolute Gasteiger partial charge is 0.480 e. The fourth-order valence-electron chi connectivity index (χ4n) is 1.02. The van der Waals surface area contributed by atoms with Crippen LogP contribution in [0.4, 0.5) is 0 Å². The molecular formula is C7H17N2O6P. The summed E-state index contributed by atoms with van der Waals surface area (Å²) in [5.41, 5.74) is 5.14. The maximum Gasteiger partial charge on any atom is 0.339 e. The van der Waals surface area contributed by atoms with Crippen molar-refractivity contribution in [1.82, 2.24) is 5.32 Å². The van der Waals surface area contributed by atoms with Gasteiger partial charge in [-0.15, -0.1) is 0 Å². The van der Waals surface area contributed by atoms with Gasteiger partial charge in [0, 0.05) is 6.54 Å². The smallest absolute Gasteiger partial charge is 0.339 e. The van der Waals surface area contributed by atoms with Gasteiger partial charge in [-0.3, -0.25) is 14.7 Å². The van der Waals surface area contributed by atoms with E-state index in [2.05, 4.69) is 5.32 Å². The van der Waals surface area contributed by atoms with Gasteiger partial charge in [0.25, 0.3) is 0 Å². The van der Waals surface area contributed by atoms with Crippen LogP contribution in [-0.4, -0.2) is 50.9 Å². The van der Waals surface area contributed by atoms with Crippen LogP contribution in [0.1, 0.15) is 12.8 Å². The van der Waals surface area contributed by atoms with E-state index < -0.39 is 32.0 Å². The van der Waals surface area contributed by atoms with Crippen LogP contribution in [0, 0.1) is 0 Å². The predicted octanol–water partition coefficient (Wildman–Crippen LogP) is -1.74. The van der Waals surface area contributed by atoms with Crippen LogP contribution >= 0.6 is 7.60 Å². The molecule has 0 aliphatic rings. The van der Waals surface area contributed by atoms with Gasteiger partial charge >= 0.3 is 13.6 Å². The zero-order chi connectivity index (χ0) is 12.8. The van der Waals surface area contributed by atoms with Crippen molar-refractivity contribution in [2.24, 2.45) is 5.73 Å². The summed E-state index contributed by atoms with van der Waals surface area (Å²) in [7, 11) is -4.28. The maximum absolute atomic E-state index is 10.7. The summed E-state index contributed by atoms with van der Waals surface area (Å²) in [6.07, 6.45) is -1.31. The number of carboxylic acids is 1. The van der Waals surface area contributed by atoms with E-state index in [-0.39, 0.29) is 19.4 Å². The third-order valence-corrected chi connectivity index (χ3v) is 2.50. The average molecular weight is 256 g/mol. The van der Waals surface area contributed by atoms with Crippen molar-refractivity contribution in [3.05, 3.63) is 0 Å². The first-order valence-corrected chi connectivity index (χ1v) is 6.45. The lowest BCUT2D eigenvalue weighted by Crippen LogP contribution is -2.38. The fraction of sp³-hybridized carbons (Fsp3) is 0.857. The second-order valence-electron chi connectivity index (χ2n) is 3.38. The number of nitrogens with two attached hydrogens (primary N) is 1. The maximum atomic E-state index is 10.7. The van der Waals surface area contributed by atoms with Crippen LogP contribution in [0.15, 0.2) is 0 Å². The molecule has 16 heavy (non-hydrogen) atoms. The van der Waals surface area contributed by atoms with Gasteiger partial charge in [-0.2, -0.15) is 0 Å². The summed E-state index contributed by atoms with van der Waals surface area (Å²) in [5, 5.41) is 20.1. The lowest BCUT2D eigenvalue weighted by atomic mass is 10.1. The van der Waals surface area contributed by atoms with E-state index in [1.807, 2.05) is 0 Å². The van der Waals surface area contributed by atoms with Gasteiger partial charge in [-0.05, 0) is 12.8 Å². The van der Waals surface area contributed by atoms with E-state index in [1.54, 1.807) is 0 Å². The Labute approximate surface area is 92.6 Å². The van der Waals surface area contributed by atoms with Crippen molar-refractivity contribution >= 4 is 13.6 Å². The van der Waals surface area contributed by atoms with Gasteiger partial charge in [0.2, 0.25) is 0 Å². The molecule has 0 bridgehead atoms. The molecule has 0 aliphatic heterocycles. The van der Waals surface area contributed by atoms with E-state index in [4.69, 9.17) is 25.7 Å². The van der Waals surface area contributed by atoms with Crippen LogP contribution in [0.2, 0.25) is 0 Å². The second-order valence-corrected chi connectivity index (χ2v) is 5.03. The lowest BCUT2D eigenvalue weighted by Gasteiger charge is -2.16. The molecule has 0 spiro atoms. The molecule has 0 saturated heterocycles. The van der Waals surface area contributed by atoms with E-state index in [9.17, 15) is 9.36 Å². The van der Waals surface area contributed by atoms with E-state index >= 15 is 0 Å². The molecule has 8 nitrogen and oxygen atoms in total. The van der Waals surface area contributed by atoms with Gasteiger partial charge in [-0.1, -0.05) is 0 Å². The predicted molar refractivity (Wildman–Crippen MR) is 55.8 cm³/mol. The quantitative estimate of drug-likeness (QED) is 0.280. The number of hydrogen-bond donors (Lipinski definition) is 6. The first-order chi connectivity index (χ1) is 7.26. The van der Waals surface area contributed by atoms with Crippen molar-refractivity contribution in [2.75, 3.05) is 12.8 Å². The van der Waals surface area contributed by atoms with Crippen molar-refractivity contribution in [3.63, 3.8) is 0 Å². The van der Waals surface area contributed by atoms with Crippen molar-refractivity contribution in [2.45, 2.75) is 25.0 Å². The molecule has 2 unspecified atom stereocenters. The van der Waals surface area contributed by atoms with Crippen LogP contribution in [0.25, 0.3) is 0 Å². The van der Waals surface area contributed by atoms with Crippen LogP contribution in [0.3, 0.4) is 0 Å². The van der Waals surface area contributed by atoms with Crippen LogP contribution < -0.4 is 11.1 Å². The van der Waals surface area contributed by atoms with Gasteiger partial charge in [0.15, 0.2) is 0 Å². The highest BCUT2D eigenvalue weighted by atomic mass is 31.2. The highest BCUT2D eigenvalue weighted by Crippen LogP contribution is 2.32. The number of carbonyl (C=O) groups is 1. The molecule has 0 radical (unpaired) electrons. The Morgan fingerprint density at radius 2 is 1.94 bits per heavy atom. The van der Waals surface area contributed by atoms with E-state index in [1.165, 1.54) is 0 Å². The van der Waals surface area contributed by atoms with Gasteiger partial charge in [0.1, 0.15) is 6.04 Å². The molecule has 2 atom stereocenters. The lowest BCUT2D eigenvalue weighted by molar-refractivity contribution is -0.139. The molecule has 0 aromatic heterocycles. The number of hydrogen-bond acceptors (Lipinski definition) is 5. The monoisotopic (exact) mass is 256 g/mol. The number of nitrogens with one attached hydrogen (secondary N) is 1. The van der Waals surface area contributed by atoms with Crippen LogP contribution in [0.5, 0.6) is 0 Å². The summed E-state index contributed by atoms with van der Waals surface area (Å²) < 4.78 is 10.5. The van der Waals surface area contributed by atoms with Crippen molar-refractivity contribution in [3.8, 4) is 0 Å². The molecule has 0 rings (SSSR count). The van der Waals surface area contributed by atoms with Gasteiger partial charge < -0.3 is 25.7 Å². The number of carboxylic acid groups (broad SMARTS) is 1. The number of aliphatic hydroxyl groups is 1. The third-order valence-electron chi connectivity index (χ3n) is 1.90. The molecule has 0 aliphatic carbocycles.